The molecule has 4 rings (SSSR count). The van der Waals surface area contributed by atoms with Crippen LogP contribution in [0.15, 0.2) is 43.0 Å². The number of fused-ring (bicyclic) bond motifs is 1. The molecule has 1 fully saturated rings. The van der Waals surface area contributed by atoms with E-state index in [0.717, 1.165) is 42.8 Å². The second kappa shape index (κ2) is 6.47. The van der Waals surface area contributed by atoms with Crippen molar-refractivity contribution in [1.29, 1.82) is 0 Å². The van der Waals surface area contributed by atoms with Crippen LogP contribution < -0.4 is 0 Å². The van der Waals surface area contributed by atoms with Crippen LogP contribution in [0, 0.1) is 0 Å². The molecule has 0 unspecified atom stereocenters. The molecule has 1 saturated heterocycles. The molecule has 0 radical (unpaired) electrons. The molecule has 1 N–H and O–H groups in total. The van der Waals surface area contributed by atoms with E-state index in [1.54, 1.807) is 6.20 Å². The summed E-state index contributed by atoms with van der Waals surface area (Å²) in [6, 6.07) is 8.02. The summed E-state index contributed by atoms with van der Waals surface area (Å²) in [7, 11) is 0. The number of rotatable bonds is 4. The van der Waals surface area contributed by atoms with Crippen LogP contribution in [0.5, 0.6) is 0 Å². The maximum Gasteiger partial charge on any atom is 0.224 e. The summed E-state index contributed by atoms with van der Waals surface area (Å²) in [5.74, 6) is 1.53. The fourth-order valence-corrected chi connectivity index (χ4v) is 3.49. The number of carbonyl (C=O) groups is 1. The first-order chi connectivity index (χ1) is 11.8. The maximum atomic E-state index is 12.6. The minimum Gasteiger partial charge on any atom is -0.348 e. The number of hydrogen-bond donors (Lipinski definition) is 1. The van der Waals surface area contributed by atoms with Crippen LogP contribution in [-0.4, -0.2) is 43.4 Å². The Labute approximate surface area is 140 Å². The summed E-state index contributed by atoms with van der Waals surface area (Å²) in [6.45, 7) is 2.28. The molecule has 0 spiro atoms. The molecule has 3 heterocycles. The minimum absolute atomic E-state index is 0.212. The number of piperidine rings is 1. The van der Waals surface area contributed by atoms with Crippen molar-refractivity contribution in [3.05, 3.63) is 48.8 Å². The Hall–Kier alpha value is -2.63. The molecular formula is C18H21N5O. The molecule has 124 valence electrons. The number of aryl methyl sites for hydroxylation is 1. The third kappa shape index (κ3) is 2.91. The lowest BCUT2D eigenvalue weighted by Crippen LogP contribution is -2.39. The summed E-state index contributed by atoms with van der Waals surface area (Å²) in [4.78, 5) is 26.5. The first-order valence-electron chi connectivity index (χ1n) is 8.48. The van der Waals surface area contributed by atoms with Crippen LogP contribution in [0.25, 0.3) is 11.0 Å². The molecule has 2 aromatic heterocycles. The predicted molar refractivity (Wildman–Crippen MR) is 91.5 cm³/mol. The predicted octanol–water partition coefficient (Wildman–Crippen LogP) is 2.56. The molecule has 1 aromatic carbocycles. The van der Waals surface area contributed by atoms with E-state index in [1.807, 2.05) is 41.7 Å². The number of aromatic nitrogens is 4. The number of hydrogen-bond acceptors (Lipinski definition) is 3. The van der Waals surface area contributed by atoms with E-state index < -0.39 is 0 Å². The SMILES string of the molecule is O=C(CCn1cnc2ccccc21)N1CCC[C@H](c2ncc[nH]2)C1. The van der Waals surface area contributed by atoms with Crippen molar-refractivity contribution in [2.45, 2.75) is 31.7 Å². The number of carbonyl (C=O) groups excluding carboxylic acids is 1. The largest absolute Gasteiger partial charge is 0.348 e. The van der Waals surface area contributed by atoms with Gasteiger partial charge in [0.2, 0.25) is 5.91 Å². The van der Waals surface area contributed by atoms with Crippen LogP contribution in [-0.2, 0) is 11.3 Å². The summed E-state index contributed by atoms with van der Waals surface area (Å²) < 4.78 is 2.06. The fraction of sp³-hybridized carbons (Fsp3) is 0.389. The van der Waals surface area contributed by atoms with Crippen LogP contribution >= 0.6 is 0 Å². The van der Waals surface area contributed by atoms with Crippen molar-refractivity contribution in [3.8, 4) is 0 Å². The lowest BCUT2D eigenvalue weighted by atomic mass is 9.97. The van der Waals surface area contributed by atoms with E-state index in [9.17, 15) is 4.79 Å². The Balaban J connectivity index is 1.39. The van der Waals surface area contributed by atoms with E-state index in [-0.39, 0.29) is 5.91 Å². The van der Waals surface area contributed by atoms with E-state index >= 15 is 0 Å². The third-order valence-electron chi connectivity index (χ3n) is 4.77. The highest BCUT2D eigenvalue weighted by atomic mass is 16.2. The van der Waals surface area contributed by atoms with Gasteiger partial charge in [0.1, 0.15) is 5.82 Å². The van der Waals surface area contributed by atoms with Crippen LogP contribution in [0.1, 0.15) is 31.0 Å². The third-order valence-corrected chi connectivity index (χ3v) is 4.77. The highest BCUT2D eigenvalue weighted by molar-refractivity contribution is 5.77. The molecule has 0 saturated carbocycles. The van der Waals surface area contributed by atoms with Gasteiger partial charge in [0.05, 0.1) is 17.4 Å². The average Bonchev–Trinajstić information content (AvgIpc) is 3.30. The normalized spacial score (nSPS) is 18.2. The number of likely N-dealkylation sites (tertiary alicyclic amines) is 1. The molecule has 1 amide bonds. The Morgan fingerprint density at radius 2 is 2.21 bits per heavy atom. The molecule has 1 atom stereocenters. The van der Waals surface area contributed by atoms with Gasteiger partial charge in [-0.05, 0) is 25.0 Å². The molecule has 1 aliphatic rings. The van der Waals surface area contributed by atoms with Gasteiger partial charge < -0.3 is 14.5 Å². The highest BCUT2D eigenvalue weighted by Gasteiger charge is 2.25. The summed E-state index contributed by atoms with van der Waals surface area (Å²) in [6.07, 6.45) is 8.07. The lowest BCUT2D eigenvalue weighted by Gasteiger charge is -2.32. The van der Waals surface area contributed by atoms with Crippen molar-refractivity contribution in [2.24, 2.45) is 0 Å². The highest BCUT2D eigenvalue weighted by Crippen LogP contribution is 2.24. The van der Waals surface area contributed by atoms with E-state index in [1.165, 1.54) is 0 Å². The molecule has 0 aliphatic carbocycles. The molecule has 1 aliphatic heterocycles. The van der Waals surface area contributed by atoms with Gasteiger partial charge in [-0.15, -0.1) is 0 Å². The number of aromatic amines is 1. The maximum absolute atomic E-state index is 12.6. The quantitative estimate of drug-likeness (QED) is 0.802. The second-order valence-corrected chi connectivity index (χ2v) is 6.33. The standard InChI is InChI=1S/C18H21N5O/c24-17(7-11-23-13-21-15-5-1-2-6-16(15)23)22-10-3-4-14(12-22)18-19-8-9-20-18/h1-2,5-6,8-9,13-14H,3-4,7,10-12H2,(H,19,20)/t14-/m0/s1. The zero-order valence-corrected chi connectivity index (χ0v) is 13.6. The Morgan fingerprint density at radius 1 is 1.29 bits per heavy atom. The Morgan fingerprint density at radius 3 is 3.08 bits per heavy atom. The van der Waals surface area contributed by atoms with E-state index in [4.69, 9.17) is 0 Å². The summed E-state index contributed by atoms with van der Waals surface area (Å²) in [5, 5.41) is 0. The van der Waals surface area contributed by atoms with E-state index in [2.05, 4.69) is 19.5 Å². The number of imidazole rings is 2. The minimum atomic E-state index is 0.212. The van der Waals surface area contributed by atoms with Gasteiger partial charge in [0, 0.05) is 44.4 Å². The Bertz CT molecular complexity index is 823. The zero-order valence-electron chi connectivity index (χ0n) is 13.6. The number of para-hydroxylation sites is 2. The summed E-state index contributed by atoms with van der Waals surface area (Å²) >= 11 is 0. The van der Waals surface area contributed by atoms with Crippen molar-refractivity contribution in [2.75, 3.05) is 13.1 Å². The van der Waals surface area contributed by atoms with Crippen LogP contribution in [0.2, 0.25) is 0 Å². The molecule has 24 heavy (non-hydrogen) atoms. The first kappa shape index (κ1) is 14.9. The monoisotopic (exact) mass is 323 g/mol. The Kier molecular flexibility index (Phi) is 4.02. The van der Waals surface area contributed by atoms with Crippen LogP contribution in [0.3, 0.4) is 0 Å². The van der Waals surface area contributed by atoms with Crippen molar-refractivity contribution in [3.63, 3.8) is 0 Å². The van der Waals surface area contributed by atoms with Gasteiger partial charge in [0.25, 0.3) is 0 Å². The van der Waals surface area contributed by atoms with Crippen molar-refractivity contribution >= 4 is 16.9 Å². The summed E-state index contributed by atoms with van der Waals surface area (Å²) in [5.41, 5.74) is 2.05. The van der Waals surface area contributed by atoms with E-state index in [0.29, 0.717) is 18.9 Å². The van der Waals surface area contributed by atoms with Crippen molar-refractivity contribution < 1.29 is 4.79 Å². The van der Waals surface area contributed by atoms with Crippen molar-refractivity contribution in [1.82, 2.24) is 24.4 Å². The molecule has 6 heteroatoms. The smallest absolute Gasteiger partial charge is 0.224 e. The number of nitrogens with one attached hydrogen (secondary N) is 1. The lowest BCUT2D eigenvalue weighted by molar-refractivity contribution is -0.132. The number of amides is 1. The van der Waals surface area contributed by atoms with Gasteiger partial charge in [-0.2, -0.15) is 0 Å². The number of nitrogens with zero attached hydrogens (tertiary/aromatic N) is 4. The van der Waals surface area contributed by atoms with Gasteiger partial charge in [-0.25, -0.2) is 9.97 Å². The average molecular weight is 323 g/mol. The molecular weight excluding hydrogens is 302 g/mol. The van der Waals surface area contributed by atoms with Gasteiger partial charge in [0.15, 0.2) is 0 Å². The number of H-pyrrole nitrogens is 1. The van der Waals surface area contributed by atoms with Crippen LogP contribution in [0.4, 0.5) is 0 Å². The number of benzene rings is 1. The van der Waals surface area contributed by atoms with Gasteiger partial charge in [-0.3, -0.25) is 4.79 Å². The zero-order chi connectivity index (χ0) is 16.4. The van der Waals surface area contributed by atoms with Gasteiger partial charge in [-0.1, -0.05) is 12.1 Å². The van der Waals surface area contributed by atoms with Gasteiger partial charge >= 0.3 is 0 Å². The molecule has 3 aromatic rings. The topological polar surface area (TPSA) is 66.8 Å². The molecule has 0 bridgehead atoms. The fourth-order valence-electron chi connectivity index (χ4n) is 3.49. The first-order valence-corrected chi connectivity index (χ1v) is 8.48. The molecule has 6 nitrogen and oxygen atoms in total. The second-order valence-electron chi connectivity index (χ2n) is 6.33.